The Kier molecular flexibility index (Phi) is 6.86. The summed E-state index contributed by atoms with van der Waals surface area (Å²) in [6.07, 6.45) is 2.06. The molecule has 0 aliphatic carbocycles. The van der Waals surface area contributed by atoms with Crippen LogP contribution in [0, 0.1) is 6.92 Å². The number of halogens is 1. The Morgan fingerprint density at radius 2 is 1.93 bits per heavy atom. The van der Waals surface area contributed by atoms with Gasteiger partial charge in [-0.1, -0.05) is 28.1 Å². The summed E-state index contributed by atoms with van der Waals surface area (Å²) >= 11 is 3.39. The lowest BCUT2D eigenvalue weighted by molar-refractivity contribution is -0.131. The third-order valence-electron chi connectivity index (χ3n) is 4.68. The van der Waals surface area contributed by atoms with Crippen LogP contribution in [0.4, 0.5) is 16.3 Å². The van der Waals surface area contributed by atoms with Crippen LogP contribution in [0.3, 0.4) is 0 Å². The fourth-order valence-electron chi connectivity index (χ4n) is 3.06. The van der Waals surface area contributed by atoms with E-state index in [1.807, 2.05) is 48.2 Å². The highest BCUT2D eigenvalue weighted by atomic mass is 79.9. The number of benzene rings is 1. The number of pyridine rings is 1. The molecule has 0 atom stereocenters. The van der Waals surface area contributed by atoms with Gasteiger partial charge in [0.2, 0.25) is 5.91 Å². The molecule has 2 aromatic rings. The quantitative estimate of drug-likeness (QED) is 0.741. The molecule has 2 N–H and O–H groups in total. The first-order chi connectivity index (χ1) is 13.5. The summed E-state index contributed by atoms with van der Waals surface area (Å²) in [7, 11) is 0. The third kappa shape index (κ3) is 5.45. The van der Waals surface area contributed by atoms with Crippen molar-refractivity contribution >= 4 is 39.4 Å². The first-order valence-corrected chi connectivity index (χ1v) is 10.1. The summed E-state index contributed by atoms with van der Waals surface area (Å²) in [6, 6.07) is 11.2. The summed E-state index contributed by atoms with van der Waals surface area (Å²) in [4.78, 5) is 32.8. The first kappa shape index (κ1) is 20.1. The summed E-state index contributed by atoms with van der Waals surface area (Å²) < 4.78 is 0.897. The molecule has 7 nitrogen and oxygen atoms in total. The van der Waals surface area contributed by atoms with Crippen LogP contribution in [0.5, 0.6) is 0 Å². The van der Waals surface area contributed by atoms with E-state index in [0.717, 1.165) is 34.6 Å². The number of hydrogen-bond donors (Lipinski definition) is 2. The van der Waals surface area contributed by atoms with Gasteiger partial charge in [-0.2, -0.15) is 0 Å². The number of nitrogens with zero attached hydrogens (tertiary/aromatic N) is 3. The molecule has 1 fully saturated rings. The standard InChI is InChI=1S/C20H24BrN5O2/c1-15-5-6-16(21)14-17(15)24-20(28)23-9-7-19(27)26-12-10-25(11-13-26)18-4-2-3-8-22-18/h2-6,8,14H,7,9-13H2,1H3,(H2,23,24,28). The van der Waals surface area contributed by atoms with Gasteiger partial charge in [-0.05, 0) is 36.8 Å². The molecular weight excluding hydrogens is 422 g/mol. The summed E-state index contributed by atoms with van der Waals surface area (Å²) in [5.41, 5.74) is 1.71. The monoisotopic (exact) mass is 445 g/mol. The van der Waals surface area contributed by atoms with Crippen molar-refractivity contribution < 1.29 is 9.59 Å². The van der Waals surface area contributed by atoms with Gasteiger partial charge in [-0.3, -0.25) is 4.79 Å². The zero-order valence-corrected chi connectivity index (χ0v) is 17.4. The highest BCUT2D eigenvalue weighted by Crippen LogP contribution is 2.20. The topological polar surface area (TPSA) is 77.6 Å². The minimum absolute atomic E-state index is 0.0552. The van der Waals surface area contributed by atoms with Crippen LogP contribution in [-0.2, 0) is 4.79 Å². The highest BCUT2D eigenvalue weighted by Gasteiger charge is 2.21. The predicted molar refractivity (Wildman–Crippen MR) is 114 cm³/mol. The molecule has 0 unspecified atom stereocenters. The number of anilines is 2. The van der Waals surface area contributed by atoms with E-state index in [2.05, 4.69) is 36.4 Å². The lowest BCUT2D eigenvalue weighted by Gasteiger charge is -2.35. The molecule has 1 aromatic heterocycles. The molecule has 28 heavy (non-hydrogen) atoms. The second-order valence-electron chi connectivity index (χ2n) is 6.65. The SMILES string of the molecule is Cc1ccc(Br)cc1NC(=O)NCCC(=O)N1CCN(c2ccccn2)CC1. The minimum atomic E-state index is -0.311. The van der Waals surface area contributed by atoms with Crippen molar-refractivity contribution in [1.29, 1.82) is 0 Å². The van der Waals surface area contributed by atoms with Gasteiger partial charge in [-0.15, -0.1) is 0 Å². The largest absolute Gasteiger partial charge is 0.353 e. The van der Waals surface area contributed by atoms with Crippen molar-refractivity contribution in [2.24, 2.45) is 0 Å². The van der Waals surface area contributed by atoms with E-state index in [9.17, 15) is 9.59 Å². The van der Waals surface area contributed by atoms with Gasteiger partial charge in [0.15, 0.2) is 0 Å². The number of nitrogens with one attached hydrogen (secondary N) is 2. The van der Waals surface area contributed by atoms with Crippen LogP contribution >= 0.6 is 15.9 Å². The molecule has 148 valence electrons. The second-order valence-corrected chi connectivity index (χ2v) is 7.56. The maximum Gasteiger partial charge on any atom is 0.319 e. The molecule has 1 saturated heterocycles. The van der Waals surface area contributed by atoms with Crippen molar-refractivity contribution in [2.45, 2.75) is 13.3 Å². The van der Waals surface area contributed by atoms with Gasteiger partial charge in [-0.25, -0.2) is 9.78 Å². The minimum Gasteiger partial charge on any atom is -0.353 e. The molecule has 0 radical (unpaired) electrons. The lowest BCUT2D eigenvalue weighted by atomic mass is 10.2. The Labute approximate surface area is 173 Å². The zero-order chi connectivity index (χ0) is 19.9. The number of aromatic nitrogens is 1. The number of carbonyl (C=O) groups is 2. The number of urea groups is 1. The molecule has 3 amide bonds. The molecule has 3 rings (SSSR count). The average molecular weight is 446 g/mol. The number of aryl methyl sites for hydroxylation is 1. The molecule has 1 aliphatic heterocycles. The van der Waals surface area contributed by atoms with Crippen LogP contribution in [-0.4, -0.2) is 54.5 Å². The molecule has 0 saturated carbocycles. The van der Waals surface area contributed by atoms with Crippen LogP contribution in [0.15, 0.2) is 47.1 Å². The van der Waals surface area contributed by atoms with E-state index in [1.165, 1.54) is 0 Å². The van der Waals surface area contributed by atoms with Crippen molar-refractivity contribution in [1.82, 2.24) is 15.2 Å². The Hall–Kier alpha value is -2.61. The number of hydrogen-bond acceptors (Lipinski definition) is 4. The summed E-state index contributed by atoms with van der Waals surface area (Å²) in [5, 5.41) is 5.56. The molecule has 8 heteroatoms. The molecule has 0 spiro atoms. The predicted octanol–water partition coefficient (Wildman–Crippen LogP) is 3.01. The average Bonchev–Trinajstić information content (AvgIpc) is 2.71. The van der Waals surface area contributed by atoms with E-state index in [1.54, 1.807) is 6.20 Å². The van der Waals surface area contributed by atoms with Gasteiger partial charge in [0, 0.05) is 55.5 Å². The van der Waals surface area contributed by atoms with Gasteiger partial charge in [0.1, 0.15) is 5.82 Å². The zero-order valence-electron chi connectivity index (χ0n) is 15.8. The number of piperazine rings is 1. The summed E-state index contributed by atoms with van der Waals surface area (Å²) in [5.74, 6) is 0.996. The van der Waals surface area contributed by atoms with Crippen molar-refractivity contribution in [3.05, 3.63) is 52.6 Å². The Bertz CT molecular complexity index is 823. The Morgan fingerprint density at radius 1 is 1.14 bits per heavy atom. The molecule has 1 aromatic carbocycles. The van der Waals surface area contributed by atoms with Crippen LogP contribution in [0.25, 0.3) is 0 Å². The number of carbonyl (C=O) groups excluding carboxylic acids is 2. The van der Waals surface area contributed by atoms with E-state index >= 15 is 0 Å². The summed E-state index contributed by atoms with van der Waals surface area (Å²) in [6.45, 7) is 5.09. The Balaban J connectivity index is 1.39. The molecule has 2 heterocycles. The van der Waals surface area contributed by atoms with E-state index < -0.39 is 0 Å². The maximum atomic E-state index is 12.4. The normalized spacial score (nSPS) is 13.9. The van der Waals surface area contributed by atoms with Gasteiger partial charge >= 0.3 is 6.03 Å². The number of rotatable bonds is 5. The van der Waals surface area contributed by atoms with Gasteiger partial charge in [0.25, 0.3) is 0 Å². The van der Waals surface area contributed by atoms with Crippen molar-refractivity contribution in [3.63, 3.8) is 0 Å². The third-order valence-corrected chi connectivity index (χ3v) is 5.17. The van der Waals surface area contributed by atoms with Gasteiger partial charge in [0.05, 0.1) is 0 Å². The van der Waals surface area contributed by atoms with Crippen LogP contribution < -0.4 is 15.5 Å². The fourth-order valence-corrected chi connectivity index (χ4v) is 3.42. The van der Waals surface area contributed by atoms with E-state index in [0.29, 0.717) is 19.6 Å². The van der Waals surface area contributed by atoms with E-state index in [4.69, 9.17) is 0 Å². The van der Waals surface area contributed by atoms with Gasteiger partial charge < -0.3 is 20.4 Å². The lowest BCUT2D eigenvalue weighted by Crippen LogP contribution is -2.49. The maximum absolute atomic E-state index is 12.4. The Morgan fingerprint density at radius 3 is 2.64 bits per heavy atom. The molecular formula is C20H24BrN5O2. The van der Waals surface area contributed by atoms with Crippen LogP contribution in [0.2, 0.25) is 0 Å². The fraction of sp³-hybridized carbons (Fsp3) is 0.350. The highest BCUT2D eigenvalue weighted by molar-refractivity contribution is 9.10. The second kappa shape index (κ2) is 9.54. The molecule has 0 bridgehead atoms. The molecule has 1 aliphatic rings. The number of amides is 3. The van der Waals surface area contributed by atoms with Crippen LogP contribution in [0.1, 0.15) is 12.0 Å². The van der Waals surface area contributed by atoms with Crippen molar-refractivity contribution in [3.8, 4) is 0 Å². The smallest absolute Gasteiger partial charge is 0.319 e. The van der Waals surface area contributed by atoms with E-state index in [-0.39, 0.29) is 18.4 Å². The van der Waals surface area contributed by atoms with Crippen molar-refractivity contribution in [2.75, 3.05) is 42.9 Å². The first-order valence-electron chi connectivity index (χ1n) is 9.27.